The fraction of sp³-hybridized carbons (Fsp3) is 0.400. The van der Waals surface area contributed by atoms with Crippen LogP contribution >= 0.6 is 0 Å². The Balaban J connectivity index is 1.89. The van der Waals surface area contributed by atoms with Crippen LogP contribution in [0, 0.1) is 23.4 Å². The van der Waals surface area contributed by atoms with Crippen LogP contribution < -0.4 is 10.1 Å². The Morgan fingerprint density at radius 3 is 2.71 bits per heavy atom. The van der Waals surface area contributed by atoms with Crippen molar-refractivity contribution in [2.75, 3.05) is 19.7 Å². The first-order chi connectivity index (χ1) is 10.2. The third kappa shape index (κ3) is 2.81. The lowest BCUT2D eigenvalue weighted by Crippen LogP contribution is -2.30. The van der Waals surface area contributed by atoms with Gasteiger partial charge in [-0.1, -0.05) is 0 Å². The summed E-state index contributed by atoms with van der Waals surface area (Å²) >= 11 is 0. The van der Waals surface area contributed by atoms with E-state index in [-0.39, 0.29) is 16.7 Å². The van der Waals surface area contributed by atoms with Crippen molar-refractivity contribution < 1.29 is 17.9 Å². The Morgan fingerprint density at radius 1 is 1.19 bits per heavy atom. The van der Waals surface area contributed by atoms with E-state index in [4.69, 9.17) is 4.74 Å². The number of pyridine rings is 1. The number of fused-ring (bicyclic) bond motifs is 1. The number of rotatable bonds is 3. The summed E-state index contributed by atoms with van der Waals surface area (Å²) in [6, 6.07) is 2.38. The number of aromatic nitrogens is 1. The lowest BCUT2D eigenvalue weighted by Gasteiger charge is -2.22. The summed E-state index contributed by atoms with van der Waals surface area (Å²) < 4.78 is 46.1. The Hall–Kier alpha value is -1.82. The fourth-order valence-corrected chi connectivity index (χ4v) is 2.57. The summed E-state index contributed by atoms with van der Waals surface area (Å²) in [6.45, 7) is 2.24. The topological polar surface area (TPSA) is 34.1 Å². The molecule has 3 rings (SSSR count). The summed E-state index contributed by atoms with van der Waals surface area (Å²) in [5.41, 5.74) is 0. The summed E-state index contributed by atoms with van der Waals surface area (Å²) in [5, 5.41) is 3.37. The van der Waals surface area contributed by atoms with Crippen molar-refractivity contribution >= 4 is 10.8 Å². The molecule has 1 aromatic heterocycles. The van der Waals surface area contributed by atoms with Crippen molar-refractivity contribution in [3.8, 4) is 5.88 Å². The molecule has 6 heteroatoms. The summed E-state index contributed by atoms with van der Waals surface area (Å²) in [7, 11) is 0. The van der Waals surface area contributed by atoms with Gasteiger partial charge in [0, 0.05) is 6.20 Å². The van der Waals surface area contributed by atoms with Crippen molar-refractivity contribution in [1.29, 1.82) is 0 Å². The van der Waals surface area contributed by atoms with Gasteiger partial charge in [0.05, 0.1) is 12.0 Å². The monoisotopic (exact) mass is 296 g/mol. The fourth-order valence-electron chi connectivity index (χ4n) is 2.57. The second-order valence-corrected chi connectivity index (χ2v) is 5.20. The lowest BCUT2D eigenvalue weighted by molar-refractivity contribution is 0.210. The first-order valence-corrected chi connectivity index (χ1v) is 6.92. The molecule has 0 saturated carbocycles. The Morgan fingerprint density at radius 2 is 1.95 bits per heavy atom. The number of hydrogen-bond donors (Lipinski definition) is 1. The van der Waals surface area contributed by atoms with Gasteiger partial charge in [0.15, 0.2) is 17.5 Å². The molecule has 1 saturated heterocycles. The maximum absolute atomic E-state index is 13.9. The minimum Gasteiger partial charge on any atom is -0.477 e. The van der Waals surface area contributed by atoms with E-state index in [0.29, 0.717) is 12.5 Å². The van der Waals surface area contributed by atoms with Gasteiger partial charge >= 0.3 is 0 Å². The van der Waals surface area contributed by atoms with E-state index in [1.165, 1.54) is 12.3 Å². The van der Waals surface area contributed by atoms with Gasteiger partial charge in [-0.3, -0.25) is 0 Å². The molecule has 0 unspecified atom stereocenters. The molecule has 0 spiro atoms. The Kier molecular flexibility index (Phi) is 3.96. The largest absolute Gasteiger partial charge is 0.477 e. The van der Waals surface area contributed by atoms with Gasteiger partial charge in [-0.2, -0.15) is 0 Å². The molecule has 2 heterocycles. The van der Waals surface area contributed by atoms with E-state index in [2.05, 4.69) is 10.3 Å². The average molecular weight is 296 g/mol. The van der Waals surface area contributed by atoms with Crippen molar-refractivity contribution in [3.05, 3.63) is 35.8 Å². The Bertz CT molecular complexity index is 657. The van der Waals surface area contributed by atoms with Gasteiger partial charge in [-0.15, -0.1) is 0 Å². The number of nitrogens with one attached hydrogen (secondary N) is 1. The van der Waals surface area contributed by atoms with Crippen LogP contribution in [0.4, 0.5) is 13.2 Å². The average Bonchev–Trinajstić information content (AvgIpc) is 2.51. The van der Waals surface area contributed by atoms with Crippen LogP contribution in [0.15, 0.2) is 18.3 Å². The number of halogens is 3. The minimum atomic E-state index is -1.50. The van der Waals surface area contributed by atoms with E-state index in [9.17, 15) is 13.2 Å². The number of nitrogens with zero attached hydrogens (tertiary/aromatic N) is 1. The van der Waals surface area contributed by atoms with Crippen LogP contribution in [0.5, 0.6) is 5.88 Å². The number of hydrogen-bond acceptors (Lipinski definition) is 3. The molecule has 1 N–H and O–H groups in total. The molecule has 1 fully saturated rings. The predicted molar refractivity (Wildman–Crippen MR) is 72.7 cm³/mol. The molecule has 112 valence electrons. The first-order valence-electron chi connectivity index (χ1n) is 6.92. The van der Waals surface area contributed by atoms with E-state index in [1.807, 2.05) is 0 Å². The second kappa shape index (κ2) is 5.89. The maximum atomic E-state index is 13.9. The normalized spacial score (nSPS) is 16.3. The minimum absolute atomic E-state index is 0.0161. The van der Waals surface area contributed by atoms with Gasteiger partial charge in [0.2, 0.25) is 5.88 Å². The third-order valence-electron chi connectivity index (χ3n) is 3.77. The number of benzene rings is 1. The van der Waals surface area contributed by atoms with Crippen LogP contribution in [-0.4, -0.2) is 24.7 Å². The van der Waals surface area contributed by atoms with Crippen molar-refractivity contribution in [2.24, 2.45) is 5.92 Å². The maximum Gasteiger partial charge on any atom is 0.224 e. The standard InChI is InChI=1S/C15H15F3N2O/c16-11-7-10-3-6-20-15(12(10)14(18)13(11)17)21-8-9-1-4-19-5-2-9/h3,6-7,9,19H,1-2,4-5,8H2. The summed E-state index contributed by atoms with van der Waals surface area (Å²) in [5.74, 6) is -3.59. The van der Waals surface area contributed by atoms with Crippen molar-refractivity contribution in [1.82, 2.24) is 10.3 Å². The SMILES string of the molecule is Fc1cc2ccnc(OCC3CCNCC3)c2c(F)c1F. The Labute approximate surface area is 120 Å². The predicted octanol–water partition coefficient (Wildman–Crippen LogP) is 3.03. The molecule has 0 bridgehead atoms. The highest BCUT2D eigenvalue weighted by atomic mass is 19.2. The quantitative estimate of drug-likeness (QED) is 0.884. The molecule has 3 nitrogen and oxygen atoms in total. The molecule has 2 aromatic rings. The van der Waals surface area contributed by atoms with Crippen LogP contribution in [0.3, 0.4) is 0 Å². The highest BCUT2D eigenvalue weighted by molar-refractivity contribution is 5.87. The summed E-state index contributed by atoms with van der Waals surface area (Å²) in [4.78, 5) is 3.96. The third-order valence-corrected chi connectivity index (χ3v) is 3.77. The number of ether oxygens (including phenoxy) is 1. The molecular weight excluding hydrogens is 281 g/mol. The van der Waals surface area contributed by atoms with Crippen LogP contribution in [-0.2, 0) is 0 Å². The van der Waals surface area contributed by atoms with Gasteiger partial charge in [-0.25, -0.2) is 18.2 Å². The molecule has 21 heavy (non-hydrogen) atoms. The van der Waals surface area contributed by atoms with Crippen LogP contribution in [0.2, 0.25) is 0 Å². The van der Waals surface area contributed by atoms with E-state index in [1.54, 1.807) is 0 Å². The smallest absolute Gasteiger partial charge is 0.224 e. The van der Waals surface area contributed by atoms with Crippen molar-refractivity contribution in [3.63, 3.8) is 0 Å². The highest BCUT2D eigenvalue weighted by Crippen LogP contribution is 2.29. The highest BCUT2D eigenvalue weighted by Gasteiger charge is 2.19. The van der Waals surface area contributed by atoms with Gasteiger partial charge < -0.3 is 10.1 Å². The van der Waals surface area contributed by atoms with E-state index in [0.717, 1.165) is 32.0 Å². The molecule has 0 radical (unpaired) electrons. The molecule has 0 aliphatic carbocycles. The van der Waals surface area contributed by atoms with Crippen LogP contribution in [0.1, 0.15) is 12.8 Å². The molecule has 1 aliphatic heterocycles. The van der Waals surface area contributed by atoms with Crippen molar-refractivity contribution in [2.45, 2.75) is 12.8 Å². The zero-order chi connectivity index (χ0) is 14.8. The zero-order valence-electron chi connectivity index (χ0n) is 11.3. The molecule has 1 aliphatic rings. The molecule has 1 aromatic carbocycles. The second-order valence-electron chi connectivity index (χ2n) is 5.20. The van der Waals surface area contributed by atoms with Gasteiger partial charge in [0.1, 0.15) is 0 Å². The lowest BCUT2D eigenvalue weighted by atomic mass is 9.99. The van der Waals surface area contributed by atoms with Crippen LogP contribution in [0.25, 0.3) is 10.8 Å². The molecule has 0 atom stereocenters. The zero-order valence-corrected chi connectivity index (χ0v) is 11.3. The first kappa shape index (κ1) is 14.1. The summed E-state index contributed by atoms with van der Waals surface area (Å²) in [6.07, 6.45) is 3.34. The van der Waals surface area contributed by atoms with Gasteiger partial charge in [-0.05, 0) is 49.4 Å². The van der Waals surface area contributed by atoms with Gasteiger partial charge in [0.25, 0.3) is 0 Å². The van der Waals surface area contributed by atoms with E-state index < -0.39 is 17.5 Å². The molecule has 0 amide bonds. The van der Waals surface area contributed by atoms with E-state index >= 15 is 0 Å². The molecular formula is C15H15F3N2O. The number of piperidine rings is 1.